The van der Waals surface area contributed by atoms with E-state index in [1.165, 1.54) is 0 Å². The van der Waals surface area contributed by atoms with E-state index in [9.17, 15) is 0 Å². The largest absolute Gasteiger partial charge is 0.432 e. The summed E-state index contributed by atoms with van der Waals surface area (Å²) in [6, 6.07) is 1.21. The molecule has 0 aliphatic rings. The first kappa shape index (κ1) is 15.0. The van der Waals surface area contributed by atoms with E-state index >= 15 is 0 Å². The number of oxazole rings is 1. The van der Waals surface area contributed by atoms with Crippen LogP contribution < -0.4 is 10.2 Å². The minimum Gasteiger partial charge on any atom is -0.432 e. The second-order valence-corrected chi connectivity index (χ2v) is 5.19. The highest BCUT2D eigenvalue weighted by Crippen LogP contribution is 2.17. The molecule has 1 unspecified atom stereocenters. The molecule has 0 saturated carbocycles. The van der Waals surface area contributed by atoms with Crippen molar-refractivity contribution >= 4 is 6.01 Å². The van der Waals surface area contributed by atoms with Crippen molar-refractivity contribution in [2.45, 2.75) is 53.6 Å². The maximum absolute atomic E-state index is 5.57. The molecule has 104 valence electrons. The molecule has 0 fully saturated rings. The Balaban J connectivity index is 2.55. The summed E-state index contributed by atoms with van der Waals surface area (Å²) in [6.07, 6.45) is 2.85. The number of anilines is 1. The molecule has 1 heterocycles. The van der Waals surface area contributed by atoms with E-state index < -0.39 is 0 Å². The Morgan fingerprint density at radius 3 is 2.61 bits per heavy atom. The van der Waals surface area contributed by atoms with Crippen LogP contribution >= 0.6 is 0 Å². The van der Waals surface area contributed by atoms with E-state index in [4.69, 9.17) is 4.42 Å². The molecule has 1 atom stereocenters. The minimum atomic E-state index is 0.463. The van der Waals surface area contributed by atoms with Crippen molar-refractivity contribution in [1.82, 2.24) is 10.3 Å². The number of hydrogen-bond donors (Lipinski definition) is 1. The van der Waals surface area contributed by atoms with Gasteiger partial charge in [-0.3, -0.25) is 0 Å². The molecule has 0 aliphatic carbocycles. The summed E-state index contributed by atoms with van der Waals surface area (Å²) in [6.45, 7) is 13.6. The van der Waals surface area contributed by atoms with Gasteiger partial charge in [0.1, 0.15) is 6.26 Å². The second-order valence-electron chi connectivity index (χ2n) is 5.19. The van der Waals surface area contributed by atoms with E-state index in [0.29, 0.717) is 12.0 Å². The van der Waals surface area contributed by atoms with Gasteiger partial charge in [-0.15, -0.1) is 0 Å². The lowest BCUT2D eigenvalue weighted by molar-refractivity contribution is 0.500. The maximum Gasteiger partial charge on any atom is 0.297 e. The van der Waals surface area contributed by atoms with E-state index in [2.05, 4.69) is 49.8 Å². The zero-order valence-corrected chi connectivity index (χ0v) is 12.4. The number of aromatic nitrogens is 1. The van der Waals surface area contributed by atoms with Crippen molar-refractivity contribution in [3.05, 3.63) is 12.0 Å². The molecule has 1 N–H and O–H groups in total. The average molecular weight is 253 g/mol. The van der Waals surface area contributed by atoms with Gasteiger partial charge in [0.2, 0.25) is 0 Å². The SMILES string of the molecule is CCC(C)N(CC)c1nc(CNCC(C)C)co1. The zero-order valence-electron chi connectivity index (χ0n) is 12.4. The molecule has 1 aromatic heterocycles. The first-order chi connectivity index (χ1) is 8.58. The molecule has 4 heteroatoms. The second kappa shape index (κ2) is 7.41. The van der Waals surface area contributed by atoms with Crippen LogP contribution in [0.15, 0.2) is 10.7 Å². The first-order valence-electron chi connectivity index (χ1n) is 7.00. The lowest BCUT2D eigenvalue weighted by Crippen LogP contribution is -2.32. The Morgan fingerprint density at radius 2 is 2.06 bits per heavy atom. The summed E-state index contributed by atoms with van der Waals surface area (Å²) in [5.74, 6) is 0.656. The van der Waals surface area contributed by atoms with Gasteiger partial charge in [0, 0.05) is 19.1 Å². The van der Waals surface area contributed by atoms with Gasteiger partial charge < -0.3 is 14.6 Å². The van der Waals surface area contributed by atoms with Crippen LogP contribution in [-0.4, -0.2) is 24.1 Å². The van der Waals surface area contributed by atoms with Crippen molar-refractivity contribution in [2.24, 2.45) is 5.92 Å². The van der Waals surface area contributed by atoms with Crippen LogP contribution in [0.5, 0.6) is 0 Å². The summed E-state index contributed by atoms with van der Waals surface area (Å²) in [5.41, 5.74) is 0.979. The lowest BCUT2D eigenvalue weighted by atomic mass is 10.2. The first-order valence-corrected chi connectivity index (χ1v) is 7.00. The minimum absolute atomic E-state index is 0.463. The Morgan fingerprint density at radius 1 is 1.33 bits per heavy atom. The van der Waals surface area contributed by atoms with E-state index in [1.54, 1.807) is 6.26 Å². The van der Waals surface area contributed by atoms with Gasteiger partial charge in [-0.05, 0) is 32.7 Å². The molecular formula is C14H27N3O. The Bertz CT molecular complexity index is 336. The van der Waals surface area contributed by atoms with Crippen LogP contribution in [0.2, 0.25) is 0 Å². The highest BCUT2D eigenvalue weighted by atomic mass is 16.4. The summed E-state index contributed by atoms with van der Waals surface area (Å²) in [4.78, 5) is 6.74. The highest BCUT2D eigenvalue weighted by molar-refractivity contribution is 5.28. The number of hydrogen-bond acceptors (Lipinski definition) is 4. The highest BCUT2D eigenvalue weighted by Gasteiger charge is 2.16. The third-order valence-corrected chi connectivity index (χ3v) is 3.11. The lowest BCUT2D eigenvalue weighted by Gasteiger charge is -2.24. The van der Waals surface area contributed by atoms with Crippen LogP contribution in [-0.2, 0) is 6.54 Å². The van der Waals surface area contributed by atoms with E-state index in [-0.39, 0.29) is 0 Å². The fourth-order valence-electron chi connectivity index (χ4n) is 1.85. The molecule has 0 aromatic carbocycles. The van der Waals surface area contributed by atoms with Gasteiger partial charge in [0.25, 0.3) is 6.01 Å². The van der Waals surface area contributed by atoms with Crippen molar-refractivity contribution < 1.29 is 4.42 Å². The molecule has 0 radical (unpaired) electrons. The number of rotatable bonds is 8. The van der Waals surface area contributed by atoms with Gasteiger partial charge in [-0.1, -0.05) is 20.8 Å². The predicted molar refractivity (Wildman–Crippen MR) is 75.8 cm³/mol. The summed E-state index contributed by atoms with van der Waals surface area (Å²) in [7, 11) is 0. The fourth-order valence-corrected chi connectivity index (χ4v) is 1.85. The Labute approximate surface area is 111 Å². The molecule has 1 rings (SSSR count). The molecule has 0 saturated heterocycles. The summed E-state index contributed by atoms with van der Waals surface area (Å²) < 4.78 is 5.57. The summed E-state index contributed by atoms with van der Waals surface area (Å²) >= 11 is 0. The van der Waals surface area contributed by atoms with Gasteiger partial charge in [-0.2, -0.15) is 4.98 Å². The molecule has 0 amide bonds. The van der Waals surface area contributed by atoms with Gasteiger partial charge in [-0.25, -0.2) is 0 Å². The van der Waals surface area contributed by atoms with Crippen LogP contribution in [0.1, 0.15) is 46.7 Å². The Kier molecular flexibility index (Phi) is 6.19. The van der Waals surface area contributed by atoms with Gasteiger partial charge >= 0.3 is 0 Å². The van der Waals surface area contributed by atoms with Gasteiger partial charge in [0.05, 0.1) is 5.69 Å². The molecule has 0 spiro atoms. The van der Waals surface area contributed by atoms with Crippen molar-refractivity contribution in [2.75, 3.05) is 18.0 Å². The average Bonchev–Trinajstić information content (AvgIpc) is 2.78. The van der Waals surface area contributed by atoms with Crippen LogP contribution in [0.25, 0.3) is 0 Å². The monoisotopic (exact) mass is 253 g/mol. The van der Waals surface area contributed by atoms with E-state index in [1.807, 2.05) is 0 Å². The van der Waals surface area contributed by atoms with Crippen molar-refractivity contribution in [1.29, 1.82) is 0 Å². The molecular weight excluding hydrogens is 226 g/mol. The third-order valence-electron chi connectivity index (χ3n) is 3.11. The normalized spacial score (nSPS) is 13.0. The maximum atomic E-state index is 5.57. The molecule has 0 aliphatic heterocycles. The van der Waals surface area contributed by atoms with Crippen molar-refractivity contribution in [3.63, 3.8) is 0 Å². The summed E-state index contributed by atoms with van der Waals surface area (Å²) in [5, 5.41) is 3.37. The Hall–Kier alpha value is -1.03. The molecule has 4 nitrogen and oxygen atoms in total. The topological polar surface area (TPSA) is 41.3 Å². The third kappa shape index (κ3) is 4.33. The quantitative estimate of drug-likeness (QED) is 0.773. The van der Waals surface area contributed by atoms with Crippen LogP contribution in [0.3, 0.4) is 0 Å². The van der Waals surface area contributed by atoms with Crippen LogP contribution in [0, 0.1) is 5.92 Å². The smallest absolute Gasteiger partial charge is 0.297 e. The zero-order chi connectivity index (χ0) is 13.5. The van der Waals surface area contributed by atoms with Crippen molar-refractivity contribution in [3.8, 4) is 0 Å². The molecule has 0 bridgehead atoms. The molecule has 18 heavy (non-hydrogen) atoms. The molecule has 1 aromatic rings. The number of nitrogens with one attached hydrogen (secondary N) is 1. The van der Waals surface area contributed by atoms with Gasteiger partial charge in [0.15, 0.2) is 0 Å². The van der Waals surface area contributed by atoms with E-state index in [0.717, 1.165) is 37.8 Å². The predicted octanol–water partition coefficient (Wildman–Crippen LogP) is 3.05. The fraction of sp³-hybridized carbons (Fsp3) is 0.786. The standard InChI is InChI=1S/C14H27N3O/c1-6-12(5)17(7-2)14-16-13(10-18-14)9-15-8-11(3)4/h10-12,15H,6-9H2,1-5H3. The number of nitrogens with zero attached hydrogens (tertiary/aromatic N) is 2. The van der Waals surface area contributed by atoms with Crippen LogP contribution in [0.4, 0.5) is 6.01 Å².